The maximum atomic E-state index is 15.9. The molecule has 0 spiro atoms. The van der Waals surface area contributed by atoms with Gasteiger partial charge in [-0.1, -0.05) is 123 Å². The minimum Gasteiger partial charge on any atom is -0.455 e. The van der Waals surface area contributed by atoms with Crippen LogP contribution in [-0.2, 0) is 70.2 Å². The molecule has 19 nitrogen and oxygen atoms in total. The molecular formula is C59H65NO18. The lowest BCUT2D eigenvalue weighted by atomic mass is 9.44. The molecule has 0 radical (unpaired) electrons. The predicted molar refractivity (Wildman–Crippen MR) is 275 cm³/mol. The van der Waals surface area contributed by atoms with E-state index >= 15 is 9.59 Å². The van der Waals surface area contributed by atoms with E-state index in [0.717, 1.165) is 6.92 Å². The first-order valence-electron chi connectivity index (χ1n) is 25.6. The van der Waals surface area contributed by atoms with E-state index in [2.05, 4.69) is 5.32 Å². The van der Waals surface area contributed by atoms with E-state index in [1.165, 1.54) is 39.8 Å². The lowest BCUT2D eigenvalue weighted by Crippen LogP contribution is -2.82. The van der Waals surface area contributed by atoms with Crippen LogP contribution in [0.5, 0.6) is 0 Å². The van der Waals surface area contributed by atoms with Gasteiger partial charge in [-0.25, -0.2) is 24.0 Å². The van der Waals surface area contributed by atoms with Crippen LogP contribution in [0.15, 0.2) is 132 Å². The monoisotopic (exact) mass is 1080 g/mol. The van der Waals surface area contributed by atoms with Crippen molar-refractivity contribution in [3.8, 4) is 0 Å². The Morgan fingerprint density at radius 3 is 1.86 bits per heavy atom. The van der Waals surface area contributed by atoms with Crippen molar-refractivity contribution >= 4 is 42.1 Å². The Hall–Kier alpha value is -7.61. The number of rotatable bonds is 14. The summed E-state index contributed by atoms with van der Waals surface area (Å²) in [5, 5.41) is 29.5. The van der Waals surface area contributed by atoms with E-state index in [0.29, 0.717) is 11.1 Å². The molecule has 414 valence electrons. The maximum Gasteiger partial charge on any atom is 0.509 e. The van der Waals surface area contributed by atoms with Gasteiger partial charge in [0.2, 0.25) is 6.10 Å². The molecule has 2 unspecified atom stereocenters. The molecule has 8 rings (SSSR count). The molecule has 1 aliphatic heterocycles. The zero-order chi connectivity index (χ0) is 56.4. The zero-order valence-electron chi connectivity index (χ0n) is 44.6. The summed E-state index contributed by atoms with van der Waals surface area (Å²) < 4.78 is 53.6. The van der Waals surface area contributed by atoms with Crippen molar-refractivity contribution in [3.05, 3.63) is 155 Å². The highest BCUT2D eigenvalue weighted by atomic mass is 16.7. The van der Waals surface area contributed by atoms with Crippen LogP contribution in [0.1, 0.15) is 101 Å². The number of ether oxygens (including phenoxy) is 9. The number of Topliss-reactive ketones (excluding diaryl/α,β-unsaturated/α-hetero) is 1. The van der Waals surface area contributed by atoms with E-state index in [1.54, 1.807) is 130 Å². The minimum atomic E-state index is -2.54. The van der Waals surface area contributed by atoms with Gasteiger partial charge in [-0.2, -0.15) is 0 Å². The van der Waals surface area contributed by atoms with Crippen LogP contribution in [0.2, 0.25) is 0 Å². The number of esters is 3. The number of carbonyl (C=O) groups is 7. The highest BCUT2D eigenvalue weighted by Crippen LogP contribution is 2.64. The average molecular weight is 1080 g/mol. The Morgan fingerprint density at radius 1 is 0.769 bits per heavy atom. The summed E-state index contributed by atoms with van der Waals surface area (Å²) in [6.07, 6.45) is -15.0. The molecule has 3 N–H and O–H groups in total. The fourth-order valence-electron chi connectivity index (χ4n) is 11.5. The second kappa shape index (κ2) is 22.4. The van der Waals surface area contributed by atoms with E-state index in [-0.39, 0.29) is 41.9 Å². The van der Waals surface area contributed by atoms with Crippen molar-refractivity contribution in [3.63, 3.8) is 0 Å². The number of aliphatic hydroxyl groups is 2. The SMILES string of the molecule is CC(=O)O[C@@]12CO[C@@H]1C[C@H](OC(=O)OCc1ccccc1)[C@@]1(C)C(=O)[C@H](O)C3=C(C)[C@@H](OC(=O)[C@H](OC(=O)OCc4ccccc4)[C@@H](NC(=O)OC(C)(C)C)c4ccccc4)C[C@@](O)(C(OC(=O)c4ccccc4)C12)C3(C)C. The summed E-state index contributed by atoms with van der Waals surface area (Å²) in [4.78, 5) is 100. The molecule has 19 heteroatoms. The van der Waals surface area contributed by atoms with Gasteiger partial charge >= 0.3 is 36.3 Å². The van der Waals surface area contributed by atoms with Gasteiger partial charge in [0.25, 0.3) is 0 Å². The van der Waals surface area contributed by atoms with Crippen molar-refractivity contribution < 1.29 is 86.4 Å². The fourth-order valence-corrected chi connectivity index (χ4v) is 11.5. The standard InChI is InChI=1S/C59H65NO18/c1-34-40(73-51(65)46(75-54(68)71-32-37-23-15-10-16-24-37)44(38-25-17-11-18-26-38)60-52(66)78-55(3,4)5)30-59(69)49(76-50(64)39-27-19-12-20-28-39)47-57(8,48(63)45(62)43(34)56(59,6)7)41(29-42-58(47,33-72-42)77-35(2)61)74-53(67)70-31-36-21-13-9-14-22-36/h9-28,40-42,44-47,49,62,69H,29-33H2,1-8H3,(H,60,66)/t40-,41-,42+,44-,45+,46+,47?,49?,57+,58-,59+/m0/s1. The van der Waals surface area contributed by atoms with Gasteiger partial charge in [0.15, 0.2) is 11.4 Å². The maximum absolute atomic E-state index is 15.9. The van der Waals surface area contributed by atoms with Crippen LogP contribution in [0.3, 0.4) is 0 Å². The second-order valence-corrected chi connectivity index (χ2v) is 21.8. The number of hydrogen-bond acceptors (Lipinski definition) is 18. The predicted octanol–water partition coefficient (Wildman–Crippen LogP) is 7.98. The normalized spacial score (nSPS) is 27.7. The molecule has 2 bridgehead atoms. The first-order valence-corrected chi connectivity index (χ1v) is 25.6. The van der Waals surface area contributed by atoms with Gasteiger partial charge in [-0.3, -0.25) is 9.59 Å². The van der Waals surface area contributed by atoms with Crippen molar-refractivity contribution in [1.29, 1.82) is 0 Å². The highest BCUT2D eigenvalue weighted by molar-refractivity contribution is 5.94. The number of fused-ring (bicyclic) bond motifs is 5. The van der Waals surface area contributed by atoms with Crippen LogP contribution >= 0.6 is 0 Å². The van der Waals surface area contributed by atoms with E-state index in [1.807, 2.05) is 0 Å². The third-order valence-electron chi connectivity index (χ3n) is 15.4. The van der Waals surface area contributed by atoms with Crippen LogP contribution in [-0.4, -0.2) is 112 Å². The summed E-state index contributed by atoms with van der Waals surface area (Å²) in [5.41, 5.74) is -8.08. The number of amides is 1. The summed E-state index contributed by atoms with van der Waals surface area (Å²) in [7, 11) is 0. The minimum absolute atomic E-state index is 0.0133. The molecule has 4 aliphatic rings. The third kappa shape index (κ3) is 11.2. The van der Waals surface area contributed by atoms with Crippen LogP contribution in [0.4, 0.5) is 14.4 Å². The molecule has 11 atom stereocenters. The molecule has 78 heavy (non-hydrogen) atoms. The number of carbonyl (C=O) groups excluding carboxylic acids is 7. The fraction of sp³-hybridized carbons (Fsp3) is 0.441. The number of hydrogen-bond donors (Lipinski definition) is 3. The zero-order valence-corrected chi connectivity index (χ0v) is 44.6. The topological polar surface area (TPSA) is 255 Å². The third-order valence-corrected chi connectivity index (χ3v) is 15.4. The van der Waals surface area contributed by atoms with Crippen molar-refractivity contribution in [2.45, 2.75) is 141 Å². The quantitative estimate of drug-likeness (QED) is 0.0614. The Balaban J connectivity index is 1.26. The summed E-state index contributed by atoms with van der Waals surface area (Å²) in [5.74, 6) is -5.83. The number of aliphatic hydroxyl groups excluding tert-OH is 1. The first kappa shape index (κ1) is 56.6. The molecule has 3 fully saturated rings. The molecule has 4 aromatic carbocycles. The average Bonchev–Trinajstić information content (AvgIpc) is 3.40. The number of alkyl carbamates (subject to hydrolysis) is 1. The first-order chi connectivity index (χ1) is 36.9. The number of ketones is 1. The second-order valence-electron chi connectivity index (χ2n) is 21.8. The summed E-state index contributed by atoms with van der Waals surface area (Å²) >= 11 is 0. The lowest BCUT2D eigenvalue weighted by molar-refractivity contribution is -0.346. The Bertz CT molecular complexity index is 2910. The number of benzene rings is 4. The molecule has 3 aliphatic carbocycles. The molecular weight excluding hydrogens is 1010 g/mol. The molecule has 0 aromatic heterocycles. The Kier molecular flexibility index (Phi) is 16.2. The highest BCUT2D eigenvalue weighted by Gasteiger charge is 2.79. The molecule has 1 saturated heterocycles. The van der Waals surface area contributed by atoms with Crippen LogP contribution < -0.4 is 5.32 Å². The van der Waals surface area contributed by atoms with Gasteiger partial charge in [0.05, 0.1) is 23.5 Å². The van der Waals surface area contributed by atoms with Crippen LogP contribution in [0.25, 0.3) is 0 Å². The molecule has 4 aromatic rings. The van der Waals surface area contributed by atoms with Gasteiger partial charge < -0.3 is 58.2 Å². The van der Waals surface area contributed by atoms with Crippen molar-refractivity contribution in [1.82, 2.24) is 5.32 Å². The lowest BCUT2D eigenvalue weighted by Gasteiger charge is -2.67. The molecule has 1 amide bonds. The molecule has 2 saturated carbocycles. The van der Waals surface area contributed by atoms with Gasteiger partial charge in [-0.05, 0) is 74.6 Å². The van der Waals surface area contributed by atoms with E-state index < -0.39 is 131 Å². The summed E-state index contributed by atoms with van der Waals surface area (Å²) in [6, 6.07) is 31.6. The smallest absolute Gasteiger partial charge is 0.455 e. The van der Waals surface area contributed by atoms with E-state index in [9.17, 15) is 34.2 Å². The largest absolute Gasteiger partial charge is 0.509 e. The van der Waals surface area contributed by atoms with Crippen LogP contribution in [0, 0.1) is 16.7 Å². The van der Waals surface area contributed by atoms with Gasteiger partial charge in [0, 0.05) is 25.2 Å². The molecule has 1 heterocycles. The van der Waals surface area contributed by atoms with Crippen molar-refractivity contribution in [2.24, 2.45) is 16.7 Å². The van der Waals surface area contributed by atoms with Gasteiger partial charge in [-0.15, -0.1) is 0 Å². The Morgan fingerprint density at radius 2 is 1.32 bits per heavy atom. The Labute approximate surface area is 451 Å². The van der Waals surface area contributed by atoms with E-state index in [4.69, 9.17) is 42.6 Å². The number of nitrogens with one attached hydrogen (secondary N) is 1. The summed E-state index contributed by atoms with van der Waals surface area (Å²) in [6.45, 7) is 11.0. The van der Waals surface area contributed by atoms with Crippen molar-refractivity contribution in [2.75, 3.05) is 6.61 Å². The van der Waals surface area contributed by atoms with Gasteiger partial charge in [0.1, 0.15) is 61.0 Å².